The molecule has 0 aromatic heterocycles. The summed E-state index contributed by atoms with van der Waals surface area (Å²) in [6, 6.07) is 6.83. The molecule has 1 aliphatic rings. The Labute approximate surface area is 169 Å². The average Bonchev–Trinajstić information content (AvgIpc) is 2.64. The highest BCUT2D eigenvalue weighted by atomic mass is 35.5. The second-order valence-corrected chi connectivity index (χ2v) is 8.53. The number of hydrogen-bond donors (Lipinski definition) is 3. The van der Waals surface area contributed by atoms with Gasteiger partial charge in [-0.05, 0) is 48.4 Å². The Bertz CT molecular complexity index is 605. The van der Waals surface area contributed by atoms with Gasteiger partial charge in [0.15, 0.2) is 0 Å². The van der Waals surface area contributed by atoms with Gasteiger partial charge in [-0.3, -0.25) is 9.59 Å². The van der Waals surface area contributed by atoms with Gasteiger partial charge in [-0.15, -0.1) is 12.4 Å². The second kappa shape index (κ2) is 10.7. The fraction of sp³-hybridized carbons (Fsp3) is 0.619. The van der Waals surface area contributed by atoms with Gasteiger partial charge in [0.25, 0.3) is 11.8 Å². The number of rotatable bonds is 6. The molecule has 4 N–H and O–H groups in total. The van der Waals surface area contributed by atoms with E-state index in [-0.39, 0.29) is 35.7 Å². The van der Waals surface area contributed by atoms with Gasteiger partial charge in [0.05, 0.1) is 0 Å². The van der Waals surface area contributed by atoms with E-state index in [9.17, 15) is 9.59 Å². The highest BCUT2D eigenvalue weighted by Crippen LogP contribution is 2.26. The predicted octanol–water partition coefficient (Wildman–Crippen LogP) is 3.52. The van der Waals surface area contributed by atoms with E-state index in [1.807, 2.05) is 0 Å². The van der Waals surface area contributed by atoms with E-state index in [2.05, 4.69) is 31.4 Å². The van der Waals surface area contributed by atoms with E-state index in [0.29, 0.717) is 30.1 Å². The minimum atomic E-state index is -0.118. The number of nitrogens with two attached hydrogens (primary N) is 1. The van der Waals surface area contributed by atoms with Gasteiger partial charge in [0.2, 0.25) is 0 Å². The van der Waals surface area contributed by atoms with Crippen molar-refractivity contribution in [3.05, 3.63) is 35.4 Å². The van der Waals surface area contributed by atoms with Crippen LogP contribution in [0.4, 0.5) is 0 Å². The van der Waals surface area contributed by atoms with E-state index in [0.717, 1.165) is 12.8 Å². The first-order valence-corrected chi connectivity index (χ1v) is 9.69. The van der Waals surface area contributed by atoms with Crippen LogP contribution in [0, 0.1) is 11.3 Å². The van der Waals surface area contributed by atoms with Crippen molar-refractivity contribution in [2.45, 2.75) is 58.9 Å². The molecule has 1 aromatic carbocycles. The molecule has 1 atom stereocenters. The summed E-state index contributed by atoms with van der Waals surface area (Å²) in [5, 5.41) is 6.00. The zero-order valence-electron chi connectivity index (χ0n) is 16.7. The molecule has 0 saturated heterocycles. The first-order valence-electron chi connectivity index (χ1n) is 9.69. The van der Waals surface area contributed by atoms with Crippen LogP contribution in [0.5, 0.6) is 0 Å². The molecule has 2 rings (SSSR count). The number of halogens is 1. The van der Waals surface area contributed by atoms with Crippen LogP contribution < -0.4 is 16.4 Å². The molecule has 0 heterocycles. The third kappa shape index (κ3) is 7.51. The van der Waals surface area contributed by atoms with E-state index < -0.39 is 0 Å². The summed E-state index contributed by atoms with van der Waals surface area (Å²) in [6.45, 7) is 7.28. The van der Waals surface area contributed by atoms with Crippen LogP contribution in [-0.2, 0) is 0 Å². The maximum absolute atomic E-state index is 12.5. The van der Waals surface area contributed by atoms with Crippen LogP contribution in [-0.4, -0.2) is 30.9 Å². The molecule has 2 amide bonds. The summed E-state index contributed by atoms with van der Waals surface area (Å²) in [7, 11) is 0. The third-order valence-electron chi connectivity index (χ3n) is 4.98. The maximum atomic E-state index is 12.5. The number of amides is 2. The van der Waals surface area contributed by atoms with E-state index in [1.165, 1.54) is 19.3 Å². The zero-order chi connectivity index (χ0) is 19.2. The molecular weight excluding hydrogens is 362 g/mol. The molecule has 1 fully saturated rings. The third-order valence-corrected chi connectivity index (χ3v) is 4.98. The number of nitrogens with one attached hydrogen (secondary N) is 2. The van der Waals surface area contributed by atoms with Crippen LogP contribution in [0.15, 0.2) is 24.3 Å². The lowest BCUT2D eigenvalue weighted by Gasteiger charge is -2.30. The highest BCUT2D eigenvalue weighted by molar-refractivity contribution is 5.97. The molecular formula is C21H34ClN3O2. The van der Waals surface area contributed by atoms with Gasteiger partial charge in [-0.1, -0.05) is 40.0 Å². The fourth-order valence-electron chi connectivity index (χ4n) is 3.38. The van der Waals surface area contributed by atoms with Gasteiger partial charge in [0, 0.05) is 30.3 Å². The maximum Gasteiger partial charge on any atom is 0.251 e. The van der Waals surface area contributed by atoms with Gasteiger partial charge in [-0.25, -0.2) is 0 Å². The number of carbonyl (C=O) groups is 2. The first-order chi connectivity index (χ1) is 12.3. The minimum absolute atomic E-state index is 0. The molecule has 0 aliphatic heterocycles. The number of carbonyl (C=O) groups excluding carboxylic acids is 2. The van der Waals surface area contributed by atoms with Crippen molar-refractivity contribution in [1.29, 1.82) is 0 Å². The molecule has 5 nitrogen and oxygen atoms in total. The van der Waals surface area contributed by atoms with Crippen LogP contribution in [0.1, 0.15) is 73.6 Å². The largest absolute Gasteiger partial charge is 0.352 e. The lowest BCUT2D eigenvalue weighted by molar-refractivity contribution is 0.0911. The van der Waals surface area contributed by atoms with E-state index in [1.54, 1.807) is 24.3 Å². The van der Waals surface area contributed by atoms with Crippen molar-refractivity contribution in [3.8, 4) is 0 Å². The topological polar surface area (TPSA) is 84.2 Å². The molecule has 0 bridgehead atoms. The van der Waals surface area contributed by atoms with Crippen molar-refractivity contribution in [2.75, 3.05) is 13.1 Å². The Balaban J connectivity index is 0.00000364. The summed E-state index contributed by atoms with van der Waals surface area (Å²) in [6.07, 6.45) is 5.98. The molecule has 0 spiro atoms. The van der Waals surface area contributed by atoms with E-state index >= 15 is 0 Å². The summed E-state index contributed by atoms with van der Waals surface area (Å²) in [5.74, 6) is 0.238. The quantitative estimate of drug-likeness (QED) is 0.688. The minimum Gasteiger partial charge on any atom is -0.352 e. The molecule has 152 valence electrons. The summed E-state index contributed by atoms with van der Waals surface area (Å²) in [4.78, 5) is 24.7. The van der Waals surface area contributed by atoms with Crippen LogP contribution in [0.25, 0.3) is 0 Å². The normalized spacial score (nSPS) is 16.1. The lowest BCUT2D eigenvalue weighted by Crippen LogP contribution is -2.45. The predicted molar refractivity (Wildman–Crippen MR) is 112 cm³/mol. The molecule has 1 aromatic rings. The van der Waals surface area contributed by atoms with Crippen LogP contribution >= 0.6 is 12.4 Å². The van der Waals surface area contributed by atoms with Gasteiger partial charge in [0.1, 0.15) is 0 Å². The Morgan fingerprint density at radius 2 is 1.56 bits per heavy atom. The van der Waals surface area contributed by atoms with Gasteiger partial charge in [-0.2, -0.15) is 0 Å². The lowest BCUT2D eigenvalue weighted by atomic mass is 9.84. The molecule has 27 heavy (non-hydrogen) atoms. The fourth-order valence-corrected chi connectivity index (χ4v) is 3.38. The SMILES string of the molecule is CC(C)(C)CNC(=O)c1ccc(C(=O)NC(CN)C2CCCCC2)cc1.Cl. The van der Waals surface area contributed by atoms with Crippen molar-refractivity contribution in [3.63, 3.8) is 0 Å². The molecule has 1 unspecified atom stereocenters. The Morgan fingerprint density at radius 1 is 1.04 bits per heavy atom. The monoisotopic (exact) mass is 395 g/mol. The first kappa shape index (κ1) is 23.4. The Kier molecular flexibility index (Phi) is 9.27. The summed E-state index contributed by atoms with van der Waals surface area (Å²) >= 11 is 0. The summed E-state index contributed by atoms with van der Waals surface area (Å²) in [5.41, 5.74) is 7.05. The average molecular weight is 396 g/mol. The number of benzene rings is 1. The molecule has 1 saturated carbocycles. The van der Waals surface area contributed by atoms with Crippen molar-refractivity contribution in [2.24, 2.45) is 17.1 Å². The Hall–Kier alpha value is -1.59. The summed E-state index contributed by atoms with van der Waals surface area (Å²) < 4.78 is 0. The van der Waals surface area contributed by atoms with Crippen LogP contribution in [0.3, 0.4) is 0 Å². The van der Waals surface area contributed by atoms with Crippen molar-refractivity contribution >= 4 is 24.2 Å². The molecule has 0 radical (unpaired) electrons. The smallest absolute Gasteiger partial charge is 0.251 e. The van der Waals surface area contributed by atoms with Crippen LogP contribution in [0.2, 0.25) is 0 Å². The number of hydrogen-bond acceptors (Lipinski definition) is 3. The van der Waals surface area contributed by atoms with Gasteiger partial charge < -0.3 is 16.4 Å². The Morgan fingerprint density at radius 3 is 2.04 bits per heavy atom. The zero-order valence-corrected chi connectivity index (χ0v) is 17.5. The van der Waals surface area contributed by atoms with E-state index in [4.69, 9.17) is 5.73 Å². The van der Waals surface area contributed by atoms with Crippen molar-refractivity contribution in [1.82, 2.24) is 10.6 Å². The highest BCUT2D eigenvalue weighted by Gasteiger charge is 2.24. The molecule has 6 heteroatoms. The second-order valence-electron chi connectivity index (χ2n) is 8.53. The standard InChI is InChI=1S/C21H33N3O2.ClH/c1-21(2,3)14-23-19(25)16-9-11-17(12-10-16)20(26)24-18(13-22)15-7-5-4-6-8-15;/h9-12,15,18H,4-8,13-14,22H2,1-3H3,(H,23,25)(H,24,26);1H. The van der Waals surface area contributed by atoms with Gasteiger partial charge >= 0.3 is 0 Å². The van der Waals surface area contributed by atoms with Crippen molar-refractivity contribution < 1.29 is 9.59 Å². The molecule has 1 aliphatic carbocycles.